The molecule has 5 heteroatoms. The van der Waals surface area contributed by atoms with Crippen LogP contribution in [-0.2, 0) is 32.5 Å². The Hall–Kier alpha value is -0.379. The van der Waals surface area contributed by atoms with Crippen molar-refractivity contribution >= 4 is 24.5 Å². The van der Waals surface area contributed by atoms with Crippen LogP contribution in [0.25, 0.3) is 10.9 Å². The smallest absolute Gasteiger partial charge is 1.00 e. The molecule has 0 bridgehead atoms. The van der Waals surface area contributed by atoms with Crippen LogP contribution in [0.2, 0.25) is 13.1 Å². The standard InChI is InChI=1S/C16H22N.C7H9Si.2ClH.Ti/c1-15(2,3)11-8-7-9-13-14(11)12(10-17-13)16(4,5)6;1-8(2)7-5-3-4-6-7;;;/h7-9,17H,1-6H3;3-5H,1-2H3;2*1H;/q2*-1;;;+4/p-2. The fraction of sp³-hybridized carbons (Fsp3) is 0.435. The number of aromatic nitrogens is 1. The quantitative estimate of drug-likeness (QED) is 0.414. The van der Waals surface area contributed by atoms with Crippen molar-refractivity contribution in [2.75, 3.05) is 0 Å². The summed E-state index contributed by atoms with van der Waals surface area (Å²) < 4.78 is 0. The Labute approximate surface area is 200 Å². The van der Waals surface area contributed by atoms with Gasteiger partial charge in [0.2, 0.25) is 0 Å². The molecule has 0 saturated carbocycles. The second-order valence-corrected chi connectivity index (χ2v) is 11.5. The van der Waals surface area contributed by atoms with Gasteiger partial charge in [-0.25, -0.2) is 12.2 Å². The van der Waals surface area contributed by atoms with Crippen molar-refractivity contribution in [3.05, 3.63) is 59.8 Å². The topological polar surface area (TPSA) is 15.8 Å². The first kappa shape index (κ1) is 29.8. The fourth-order valence-electron chi connectivity index (χ4n) is 2.95. The summed E-state index contributed by atoms with van der Waals surface area (Å²) in [5.74, 6) is 0. The summed E-state index contributed by atoms with van der Waals surface area (Å²) in [6.45, 7) is 18.1. The molecule has 2 aromatic rings. The monoisotopic (exact) mass is 467 g/mol. The van der Waals surface area contributed by atoms with E-state index in [0.717, 1.165) is 0 Å². The maximum Gasteiger partial charge on any atom is 4.00 e. The van der Waals surface area contributed by atoms with Crippen molar-refractivity contribution in [1.29, 1.82) is 0 Å². The van der Waals surface area contributed by atoms with Gasteiger partial charge in [0.25, 0.3) is 0 Å². The van der Waals surface area contributed by atoms with Gasteiger partial charge >= 0.3 is 21.7 Å². The summed E-state index contributed by atoms with van der Waals surface area (Å²) in [6.07, 6.45) is 12.7. The third-order valence-corrected chi connectivity index (χ3v) is 5.72. The van der Waals surface area contributed by atoms with Gasteiger partial charge in [-0.15, -0.1) is 28.7 Å². The number of hydrogen-bond donors (Lipinski definition) is 1. The van der Waals surface area contributed by atoms with E-state index in [4.69, 9.17) is 0 Å². The molecule has 1 aromatic heterocycles. The van der Waals surface area contributed by atoms with E-state index in [1.54, 1.807) is 0 Å². The van der Waals surface area contributed by atoms with E-state index in [-0.39, 0.29) is 65.8 Å². The summed E-state index contributed by atoms with van der Waals surface area (Å²) in [4.78, 5) is 3.28. The zero-order valence-corrected chi connectivity index (χ0v) is 22.3. The van der Waals surface area contributed by atoms with E-state index in [0.29, 0.717) is 0 Å². The molecule has 0 radical (unpaired) electrons. The largest absolute Gasteiger partial charge is 4.00 e. The SMILES string of the molecule is CC(C)(C)c1[c-][nH]c2cccc(C(C)(C)C)c12.C[Si](C)=C1[C-]=CC=C1.[Cl-].[Cl-].[Ti+4]. The van der Waals surface area contributed by atoms with Crippen LogP contribution in [0.1, 0.15) is 52.7 Å². The molecule has 1 aromatic carbocycles. The number of nitrogens with one attached hydrogen (secondary N) is 1. The van der Waals surface area contributed by atoms with E-state index < -0.39 is 0 Å². The van der Waals surface area contributed by atoms with Gasteiger partial charge in [-0.1, -0.05) is 72.3 Å². The molecule has 0 atom stereocenters. The Bertz CT molecular complexity index is 832. The average Bonchev–Trinajstić information content (AvgIpc) is 3.15. The average molecular weight is 468 g/mol. The Morgan fingerprint density at radius 1 is 0.929 bits per heavy atom. The number of allylic oxidation sites excluding steroid dienone is 4. The molecule has 1 nitrogen and oxygen atoms in total. The summed E-state index contributed by atoms with van der Waals surface area (Å²) in [5, 5.41) is 2.77. The van der Waals surface area contributed by atoms with Crippen molar-refractivity contribution in [2.24, 2.45) is 0 Å². The van der Waals surface area contributed by atoms with Crippen molar-refractivity contribution in [1.82, 2.24) is 4.98 Å². The summed E-state index contributed by atoms with van der Waals surface area (Å²) >= 11 is 0. The Morgan fingerprint density at radius 3 is 1.93 bits per heavy atom. The molecule has 1 aliphatic carbocycles. The number of rotatable bonds is 0. The number of aromatic amines is 1. The number of hydrogen-bond acceptors (Lipinski definition) is 0. The van der Waals surface area contributed by atoms with Crippen LogP contribution in [-0.4, -0.2) is 18.6 Å². The van der Waals surface area contributed by atoms with Crippen LogP contribution in [0.4, 0.5) is 0 Å². The van der Waals surface area contributed by atoms with Crippen LogP contribution >= 0.6 is 0 Å². The van der Waals surface area contributed by atoms with Gasteiger partial charge in [0, 0.05) is 0 Å². The third kappa shape index (κ3) is 7.46. The molecule has 3 rings (SSSR count). The zero-order chi connectivity index (χ0) is 18.8. The van der Waals surface area contributed by atoms with E-state index in [2.05, 4.69) is 96.2 Å². The molecule has 0 saturated heterocycles. The van der Waals surface area contributed by atoms with E-state index >= 15 is 0 Å². The maximum absolute atomic E-state index is 3.34. The van der Waals surface area contributed by atoms with Crippen LogP contribution < -0.4 is 24.8 Å². The molecular formula is C23H31Cl2NSiTi. The zero-order valence-electron chi connectivity index (χ0n) is 18.2. The molecule has 0 aliphatic heterocycles. The van der Waals surface area contributed by atoms with Crippen LogP contribution in [0.15, 0.2) is 36.4 Å². The minimum absolute atomic E-state index is 0. The molecular weight excluding hydrogens is 437 g/mol. The second kappa shape index (κ2) is 11.7. The molecule has 1 aliphatic rings. The molecule has 0 spiro atoms. The minimum atomic E-state index is -0.225. The fourth-order valence-corrected chi connectivity index (χ4v) is 3.75. The van der Waals surface area contributed by atoms with Gasteiger partial charge in [0.05, 0.1) is 0 Å². The summed E-state index contributed by atoms with van der Waals surface area (Å²) in [6, 6.07) is 6.50. The summed E-state index contributed by atoms with van der Waals surface area (Å²) in [7, 11) is -0.225. The number of benzene rings is 1. The van der Waals surface area contributed by atoms with Gasteiger partial charge in [-0.2, -0.15) is 17.3 Å². The van der Waals surface area contributed by atoms with Crippen LogP contribution in [0.5, 0.6) is 0 Å². The number of halogens is 2. The summed E-state index contributed by atoms with van der Waals surface area (Å²) in [5.41, 5.74) is 4.17. The van der Waals surface area contributed by atoms with E-state index in [1.807, 2.05) is 12.2 Å². The molecule has 0 amide bonds. The predicted octanol–water partition coefficient (Wildman–Crippen LogP) is -0.00732. The predicted molar refractivity (Wildman–Crippen MR) is 114 cm³/mol. The van der Waals surface area contributed by atoms with Gasteiger partial charge in [-0.3, -0.25) is 0 Å². The molecule has 150 valence electrons. The maximum atomic E-state index is 3.34. The number of fused-ring (bicyclic) bond motifs is 1. The normalized spacial score (nSPS) is 12.5. The minimum Gasteiger partial charge on any atom is -1.00 e. The Balaban J connectivity index is 0. The number of H-pyrrole nitrogens is 1. The second-order valence-electron chi connectivity index (χ2n) is 8.94. The molecule has 28 heavy (non-hydrogen) atoms. The molecule has 0 unspecified atom stereocenters. The van der Waals surface area contributed by atoms with E-state index in [9.17, 15) is 0 Å². The Kier molecular flexibility index (Phi) is 12.5. The third-order valence-electron chi connectivity index (χ3n) is 4.33. The first-order chi connectivity index (χ1) is 11.5. The van der Waals surface area contributed by atoms with Crippen LogP contribution in [0, 0.1) is 12.3 Å². The van der Waals surface area contributed by atoms with E-state index in [1.165, 1.54) is 27.2 Å². The molecule has 1 heterocycles. The van der Waals surface area contributed by atoms with Crippen LogP contribution in [0.3, 0.4) is 0 Å². The van der Waals surface area contributed by atoms with Crippen molar-refractivity contribution in [2.45, 2.75) is 65.5 Å². The van der Waals surface area contributed by atoms with Crippen molar-refractivity contribution in [3.63, 3.8) is 0 Å². The first-order valence-corrected chi connectivity index (χ1v) is 11.5. The first-order valence-electron chi connectivity index (χ1n) is 8.99. The van der Waals surface area contributed by atoms with Gasteiger partial charge in [0.1, 0.15) is 0 Å². The molecule has 1 N–H and O–H groups in total. The van der Waals surface area contributed by atoms with Crippen molar-refractivity contribution in [3.8, 4) is 0 Å². The van der Waals surface area contributed by atoms with Crippen molar-refractivity contribution < 1.29 is 46.5 Å². The van der Waals surface area contributed by atoms with Gasteiger partial charge in [0.15, 0.2) is 0 Å². The Morgan fingerprint density at radius 2 is 1.54 bits per heavy atom. The van der Waals surface area contributed by atoms with Gasteiger partial charge < -0.3 is 29.8 Å². The van der Waals surface area contributed by atoms with Gasteiger partial charge in [-0.05, 0) is 19.2 Å². The molecule has 0 fully saturated rings.